The van der Waals surface area contributed by atoms with Crippen molar-refractivity contribution in [3.05, 3.63) is 24.2 Å². The maximum absolute atomic E-state index is 10.8. The first-order valence-corrected chi connectivity index (χ1v) is 6.51. The Morgan fingerprint density at radius 3 is 2.95 bits per heavy atom. The highest BCUT2D eigenvalue weighted by molar-refractivity contribution is 7.80. The standard InChI is InChI=1S/C12H16N2O5S/c1-8(15)19-11-7-17-10(6-18-11)14-12(20)13-5-9-3-2-4-16-9/h2-4,10-11H,5-7H2,1H3,(H2,13,14,20). The summed E-state index contributed by atoms with van der Waals surface area (Å²) in [5.41, 5.74) is 0. The molecule has 2 unspecified atom stereocenters. The van der Waals surface area contributed by atoms with Crippen LogP contribution in [0.4, 0.5) is 0 Å². The summed E-state index contributed by atoms with van der Waals surface area (Å²) >= 11 is 5.12. The second kappa shape index (κ2) is 7.22. The van der Waals surface area contributed by atoms with Gasteiger partial charge < -0.3 is 29.3 Å². The summed E-state index contributed by atoms with van der Waals surface area (Å²) in [6.45, 7) is 2.21. The Morgan fingerprint density at radius 1 is 1.50 bits per heavy atom. The van der Waals surface area contributed by atoms with E-state index in [-0.39, 0.29) is 19.4 Å². The number of nitrogens with one attached hydrogen (secondary N) is 2. The van der Waals surface area contributed by atoms with Crippen LogP contribution in [-0.2, 0) is 25.5 Å². The quantitative estimate of drug-likeness (QED) is 0.615. The van der Waals surface area contributed by atoms with Crippen molar-refractivity contribution in [3.63, 3.8) is 0 Å². The van der Waals surface area contributed by atoms with Crippen molar-refractivity contribution in [2.24, 2.45) is 0 Å². The summed E-state index contributed by atoms with van der Waals surface area (Å²) in [5, 5.41) is 6.36. The van der Waals surface area contributed by atoms with Crippen LogP contribution in [0.25, 0.3) is 0 Å². The highest BCUT2D eigenvalue weighted by atomic mass is 32.1. The molecular weight excluding hydrogens is 284 g/mol. The average molecular weight is 300 g/mol. The predicted octanol–water partition coefficient (Wildman–Crippen LogP) is 0.506. The first-order valence-electron chi connectivity index (χ1n) is 6.10. The molecule has 0 amide bonds. The first-order chi connectivity index (χ1) is 9.63. The molecule has 0 aliphatic carbocycles. The van der Waals surface area contributed by atoms with E-state index in [0.29, 0.717) is 11.7 Å². The topological polar surface area (TPSA) is 82.0 Å². The predicted molar refractivity (Wildman–Crippen MR) is 72.5 cm³/mol. The highest BCUT2D eigenvalue weighted by Crippen LogP contribution is 2.07. The number of rotatable bonds is 4. The minimum absolute atomic E-state index is 0.165. The van der Waals surface area contributed by atoms with Crippen LogP contribution in [0.5, 0.6) is 0 Å². The lowest BCUT2D eigenvalue weighted by atomic mass is 10.4. The molecule has 2 heterocycles. The van der Waals surface area contributed by atoms with Gasteiger partial charge in [0.15, 0.2) is 11.3 Å². The van der Waals surface area contributed by atoms with Crippen LogP contribution in [0.15, 0.2) is 22.8 Å². The molecule has 7 nitrogen and oxygen atoms in total. The number of carbonyl (C=O) groups is 1. The van der Waals surface area contributed by atoms with E-state index in [1.54, 1.807) is 12.3 Å². The summed E-state index contributed by atoms with van der Waals surface area (Å²) in [5.74, 6) is 0.380. The third-order valence-corrected chi connectivity index (χ3v) is 2.72. The Morgan fingerprint density at radius 2 is 2.35 bits per heavy atom. The SMILES string of the molecule is CC(=O)OC1COC(NC(=S)NCc2ccco2)CO1. The van der Waals surface area contributed by atoms with Crippen molar-refractivity contribution in [1.82, 2.24) is 10.6 Å². The monoisotopic (exact) mass is 300 g/mol. The van der Waals surface area contributed by atoms with E-state index in [4.69, 9.17) is 30.8 Å². The lowest BCUT2D eigenvalue weighted by Gasteiger charge is -2.29. The minimum Gasteiger partial charge on any atom is -0.467 e. The average Bonchev–Trinajstić information content (AvgIpc) is 2.91. The van der Waals surface area contributed by atoms with Gasteiger partial charge in [0, 0.05) is 6.92 Å². The zero-order valence-corrected chi connectivity index (χ0v) is 11.8. The summed E-state index contributed by atoms with van der Waals surface area (Å²) in [6, 6.07) is 3.65. The Kier molecular flexibility index (Phi) is 5.33. The van der Waals surface area contributed by atoms with Gasteiger partial charge in [-0.05, 0) is 24.4 Å². The number of thiocarbonyl (C=S) groups is 1. The molecule has 2 N–H and O–H groups in total. The molecule has 1 aromatic rings. The van der Waals surface area contributed by atoms with E-state index in [2.05, 4.69) is 10.6 Å². The molecule has 1 fully saturated rings. The van der Waals surface area contributed by atoms with Gasteiger partial charge in [-0.3, -0.25) is 4.79 Å². The maximum Gasteiger partial charge on any atom is 0.305 e. The molecule has 0 bridgehead atoms. The fraction of sp³-hybridized carbons (Fsp3) is 0.500. The van der Waals surface area contributed by atoms with Crippen LogP contribution in [0.2, 0.25) is 0 Å². The largest absolute Gasteiger partial charge is 0.467 e. The van der Waals surface area contributed by atoms with E-state index < -0.39 is 12.3 Å². The van der Waals surface area contributed by atoms with E-state index in [1.807, 2.05) is 6.07 Å². The minimum atomic E-state index is -0.657. The van der Waals surface area contributed by atoms with E-state index in [1.165, 1.54) is 6.92 Å². The summed E-state index contributed by atoms with van der Waals surface area (Å²) < 4.78 is 20.8. The van der Waals surface area contributed by atoms with Crippen LogP contribution in [0.1, 0.15) is 12.7 Å². The van der Waals surface area contributed by atoms with Crippen molar-refractivity contribution >= 4 is 23.3 Å². The first kappa shape index (κ1) is 14.8. The molecule has 0 radical (unpaired) electrons. The molecule has 8 heteroatoms. The van der Waals surface area contributed by atoms with Gasteiger partial charge >= 0.3 is 5.97 Å². The smallest absolute Gasteiger partial charge is 0.305 e. The maximum atomic E-state index is 10.8. The number of esters is 1. The molecule has 0 spiro atoms. The Hall–Kier alpha value is -1.64. The van der Waals surface area contributed by atoms with Gasteiger partial charge in [0.1, 0.15) is 12.4 Å². The van der Waals surface area contributed by atoms with Gasteiger partial charge in [-0.2, -0.15) is 0 Å². The Labute approximate surface area is 121 Å². The molecule has 2 rings (SSSR count). The number of ether oxygens (including phenoxy) is 3. The van der Waals surface area contributed by atoms with E-state index in [0.717, 1.165) is 5.76 Å². The second-order valence-electron chi connectivity index (χ2n) is 4.10. The zero-order valence-electron chi connectivity index (χ0n) is 11.0. The van der Waals surface area contributed by atoms with Crippen LogP contribution < -0.4 is 10.6 Å². The van der Waals surface area contributed by atoms with Crippen LogP contribution in [-0.4, -0.2) is 36.8 Å². The molecule has 0 aromatic carbocycles. The third-order valence-electron chi connectivity index (χ3n) is 2.46. The van der Waals surface area contributed by atoms with E-state index in [9.17, 15) is 4.79 Å². The van der Waals surface area contributed by atoms with Gasteiger partial charge in [0.2, 0.25) is 6.29 Å². The Balaban J connectivity index is 1.64. The van der Waals surface area contributed by atoms with Crippen molar-refractivity contribution in [3.8, 4) is 0 Å². The van der Waals surface area contributed by atoms with Crippen LogP contribution >= 0.6 is 12.2 Å². The molecule has 110 valence electrons. The van der Waals surface area contributed by atoms with Gasteiger partial charge in [-0.15, -0.1) is 0 Å². The van der Waals surface area contributed by atoms with E-state index >= 15 is 0 Å². The fourth-order valence-electron chi connectivity index (χ4n) is 1.60. The molecule has 1 aromatic heterocycles. The van der Waals surface area contributed by atoms with Gasteiger partial charge in [-0.1, -0.05) is 0 Å². The molecule has 0 saturated carbocycles. The molecular formula is C12H16N2O5S. The molecule has 20 heavy (non-hydrogen) atoms. The van der Waals surface area contributed by atoms with Gasteiger partial charge in [0.05, 0.1) is 19.4 Å². The lowest BCUT2D eigenvalue weighted by molar-refractivity contribution is -0.232. The molecule has 2 atom stereocenters. The van der Waals surface area contributed by atoms with Crippen LogP contribution in [0.3, 0.4) is 0 Å². The number of hydrogen-bond donors (Lipinski definition) is 2. The molecule has 1 aliphatic heterocycles. The highest BCUT2D eigenvalue weighted by Gasteiger charge is 2.24. The lowest BCUT2D eigenvalue weighted by Crippen LogP contribution is -2.50. The molecule has 1 saturated heterocycles. The van der Waals surface area contributed by atoms with Crippen molar-refractivity contribution < 1.29 is 23.4 Å². The van der Waals surface area contributed by atoms with Gasteiger partial charge in [-0.25, -0.2) is 0 Å². The number of carbonyl (C=O) groups excluding carboxylic acids is 1. The number of furan rings is 1. The number of hydrogen-bond acceptors (Lipinski definition) is 6. The summed E-state index contributed by atoms with van der Waals surface area (Å²) in [4.78, 5) is 10.8. The molecule has 1 aliphatic rings. The summed E-state index contributed by atoms with van der Waals surface area (Å²) in [6.07, 6.45) is 0.564. The fourth-order valence-corrected chi connectivity index (χ4v) is 1.80. The zero-order chi connectivity index (χ0) is 14.4. The van der Waals surface area contributed by atoms with Crippen molar-refractivity contribution in [2.45, 2.75) is 26.0 Å². The van der Waals surface area contributed by atoms with Crippen molar-refractivity contribution in [2.75, 3.05) is 13.2 Å². The second-order valence-corrected chi connectivity index (χ2v) is 4.51. The summed E-state index contributed by atoms with van der Waals surface area (Å²) in [7, 11) is 0. The normalized spacial score (nSPS) is 22.1. The Bertz CT molecular complexity index is 443. The van der Waals surface area contributed by atoms with Crippen LogP contribution in [0, 0.1) is 0 Å². The third kappa shape index (κ3) is 4.80. The van der Waals surface area contributed by atoms with Crippen molar-refractivity contribution in [1.29, 1.82) is 0 Å². The van der Waals surface area contributed by atoms with Gasteiger partial charge in [0.25, 0.3) is 0 Å².